The first-order valence-electron chi connectivity index (χ1n) is 9.68. The van der Waals surface area contributed by atoms with Gasteiger partial charge >= 0.3 is 7.82 Å². The maximum absolute atomic E-state index is 10.4. The molecular formula is C18H34N3O7P. The number of benzene rings is 1. The largest absolute Gasteiger partial charge is 0.524 e. The van der Waals surface area contributed by atoms with E-state index in [9.17, 15) is 14.7 Å². The molecule has 0 unspecified atom stereocenters. The van der Waals surface area contributed by atoms with Crippen LogP contribution in [0.3, 0.4) is 0 Å². The van der Waals surface area contributed by atoms with Gasteiger partial charge in [0.25, 0.3) is 5.69 Å². The fourth-order valence-electron chi connectivity index (χ4n) is 3.06. The van der Waals surface area contributed by atoms with Gasteiger partial charge in [-0.05, 0) is 31.7 Å². The Bertz CT molecular complexity index is 614. The summed E-state index contributed by atoms with van der Waals surface area (Å²) in [6.45, 7) is 0. The summed E-state index contributed by atoms with van der Waals surface area (Å²) in [7, 11) is -4.66. The van der Waals surface area contributed by atoms with E-state index >= 15 is 0 Å². The molecule has 0 spiro atoms. The van der Waals surface area contributed by atoms with Crippen LogP contribution < -0.4 is 16.0 Å². The van der Waals surface area contributed by atoms with Gasteiger partial charge in [-0.25, -0.2) is 4.57 Å². The molecule has 0 aromatic heterocycles. The van der Waals surface area contributed by atoms with Gasteiger partial charge < -0.3 is 21.5 Å². The standard InChI is InChI=1S/C6H6NO6P.2C6H13N.H2O/c8-7(9)5-2-1-3-6(4-5)13-14(10,11)12;2*7-6-4-2-1-3-5-6;/h1-4H,(H2,10,11,12);2*6H,1-5,7H2;1H2. The van der Waals surface area contributed by atoms with Gasteiger partial charge in [0.05, 0.1) is 11.0 Å². The lowest BCUT2D eigenvalue weighted by Gasteiger charge is -2.15. The summed E-state index contributed by atoms with van der Waals surface area (Å²) < 4.78 is 14.5. The minimum atomic E-state index is -4.66. The highest BCUT2D eigenvalue weighted by Crippen LogP contribution is 2.38. The van der Waals surface area contributed by atoms with Gasteiger partial charge in [-0.15, -0.1) is 0 Å². The lowest BCUT2D eigenvalue weighted by atomic mass is 9.97. The van der Waals surface area contributed by atoms with Crippen molar-refractivity contribution in [2.75, 3.05) is 0 Å². The Morgan fingerprint density at radius 3 is 1.72 bits per heavy atom. The SMILES string of the molecule is NC1CCCCC1.NC1CCCCC1.O.O=[N+]([O-])c1cccc(OP(=O)(O)O)c1. The smallest absolute Gasteiger partial charge is 0.412 e. The number of non-ortho nitro benzene ring substituents is 1. The monoisotopic (exact) mass is 435 g/mol. The summed E-state index contributed by atoms with van der Waals surface area (Å²) in [5.41, 5.74) is 11.0. The van der Waals surface area contributed by atoms with E-state index in [0.29, 0.717) is 12.1 Å². The zero-order valence-electron chi connectivity index (χ0n) is 16.6. The van der Waals surface area contributed by atoms with Crippen molar-refractivity contribution in [1.29, 1.82) is 0 Å². The second-order valence-corrected chi connectivity index (χ2v) is 8.30. The average Bonchev–Trinajstić information content (AvgIpc) is 2.63. The van der Waals surface area contributed by atoms with Crippen LogP contribution in [0.2, 0.25) is 0 Å². The second kappa shape index (κ2) is 14.4. The van der Waals surface area contributed by atoms with Gasteiger partial charge in [0.15, 0.2) is 0 Å². The fourth-order valence-corrected chi connectivity index (χ4v) is 3.45. The van der Waals surface area contributed by atoms with Gasteiger partial charge in [-0.3, -0.25) is 19.9 Å². The Hall–Kier alpha value is -1.55. The summed E-state index contributed by atoms with van der Waals surface area (Å²) >= 11 is 0. The van der Waals surface area contributed by atoms with Crippen LogP contribution in [0.25, 0.3) is 0 Å². The third kappa shape index (κ3) is 14.1. The number of nitrogens with zero attached hydrogens (tertiary/aromatic N) is 1. The van der Waals surface area contributed by atoms with Crippen LogP contribution in [-0.4, -0.2) is 32.3 Å². The number of rotatable bonds is 3. The van der Waals surface area contributed by atoms with Crippen LogP contribution in [0.4, 0.5) is 5.69 Å². The molecule has 1 aromatic rings. The van der Waals surface area contributed by atoms with Gasteiger partial charge in [0.1, 0.15) is 5.75 Å². The van der Waals surface area contributed by atoms with Crippen LogP contribution in [0.15, 0.2) is 24.3 Å². The van der Waals surface area contributed by atoms with Crippen molar-refractivity contribution < 1.29 is 29.3 Å². The van der Waals surface area contributed by atoms with Crippen molar-refractivity contribution >= 4 is 13.5 Å². The zero-order valence-corrected chi connectivity index (χ0v) is 17.5. The quantitative estimate of drug-likeness (QED) is 0.316. The number of phosphoric acid groups is 1. The molecular weight excluding hydrogens is 401 g/mol. The Kier molecular flexibility index (Phi) is 13.7. The van der Waals surface area contributed by atoms with Crippen LogP contribution >= 0.6 is 7.82 Å². The highest BCUT2D eigenvalue weighted by Gasteiger charge is 2.17. The highest BCUT2D eigenvalue weighted by molar-refractivity contribution is 7.46. The Labute approximate surface area is 171 Å². The molecule has 8 N–H and O–H groups in total. The summed E-state index contributed by atoms with van der Waals surface area (Å²) in [6, 6.07) is 5.67. The van der Waals surface area contributed by atoms with Gasteiger partial charge in [0, 0.05) is 18.2 Å². The van der Waals surface area contributed by atoms with Crippen molar-refractivity contribution in [3.63, 3.8) is 0 Å². The van der Waals surface area contributed by atoms with E-state index in [1.807, 2.05) is 0 Å². The Morgan fingerprint density at radius 2 is 1.41 bits per heavy atom. The number of hydrogen-bond acceptors (Lipinski definition) is 6. The number of hydrogen-bond donors (Lipinski definition) is 4. The van der Waals surface area contributed by atoms with E-state index < -0.39 is 12.7 Å². The highest BCUT2D eigenvalue weighted by atomic mass is 31.2. The third-order valence-electron chi connectivity index (χ3n) is 4.55. The average molecular weight is 435 g/mol. The Morgan fingerprint density at radius 1 is 0.966 bits per heavy atom. The molecule has 2 aliphatic rings. The number of nitrogens with two attached hydrogens (primary N) is 2. The molecule has 0 saturated heterocycles. The molecule has 10 nitrogen and oxygen atoms in total. The molecule has 2 fully saturated rings. The Balaban J connectivity index is 0.000000440. The first-order chi connectivity index (χ1) is 13.2. The summed E-state index contributed by atoms with van der Waals surface area (Å²) in [5.74, 6) is -0.243. The topological polar surface area (TPSA) is 193 Å². The van der Waals surface area contributed by atoms with Gasteiger partial charge in [-0.2, -0.15) is 0 Å². The minimum absolute atomic E-state index is 0. The summed E-state index contributed by atoms with van der Waals surface area (Å²) in [6.07, 6.45) is 13.3. The van der Waals surface area contributed by atoms with Crippen molar-refractivity contribution in [3.8, 4) is 5.75 Å². The molecule has 0 amide bonds. The number of nitro benzene ring substituents is 1. The minimum Gasteiger partial charge on any atom is -0.412 e. The van der Waals surface area contributed by atoms with Crippen molar-refractivity contribution in [1.82, 2.24) is 0 Å². The molecule has 2 aliphatic carbocycles. The molecule has 3 rings (SSSR count). The van der Waals surface area contributed by atoms with E-state index in [0.717, 1.165) is 6.07 Å². The van der Waals surface area contributed by atoms with E-state index in [4.69, 9.17) is 21.3 Å². The van der Waals surface area contributed by atoms with Crippen LogP contribution in [0.1, 0.15) is 64.2 Å². The second-order valence-electron chi connectivity index (χ2n) is 7.13. The van der Waals surface area contributed by atoms with Crippen molar-refractivity contribution in [3.05, 3.63) is 34.4 Å². The first kappa shape index (κ1) is 27.5. The summed E-state index contributed by atoms with van der Waals surface area (Å²) in [5, 5.41) is 10.3. The van der Waals surface area contributed by atoms with Crippen LogP contribution in [0, 0.1) is 10.1 Å². The molecule has 168 valence electrons. The lowest BCUT2D eigenvalue weighted by Crippen LogP contribution is -2.22. The molecule has 2 saturated carbocycles. The zero-order chi connectivity index (χ0) is 21.0. The predicted molar refractivity (Wildman–Crippen MR) is 112 cm³/mol. The van der Waals surface area contributed by atoms with Crippen LogP contribution in [0.5, 0.6) is 5.75 Å². The normalized spacial score (nSPS) is 17.5. The van der Waals surface area contributed by atoms with E-state index in [1.54, 1.807) is 0 Å². The van der Waals surface area contributed by atoms with E-state index in [2.05, 4.69) is 4.52 Å². The van der Waals surface area contributed by atoms with Crippen molar-refractivity contribution in [2.24, 2.45) is 11.5 Å². The molecule has 0 aliphatic heterocycles. The molecule has 0 bridgehead atoms. The first-order valence-corrected chi connectivity index (χ1v) is 11.2. The van der Waals surface area contributed by atoms with Gasteiger partial charge in [0.2, 0.25) is 0 Å². The van der Waals surface area contributed by atoms with E-state index in [-0.39, 0.29) is 16.9 Å². The van der Waals surface area contributed by atoms with Crippen LogP contribution in [-0.2, 0) is 4.57 Å². The third-order valence-corrected chi connectivity index (χ3v) is 5.00. The molecule has 1 aromatic carbocycles. The van der Waals surface area contributed by atoms with Gasteiger partial charge in [-0.1, -0.05) is 44.6 Å². The van der Waals surface area contributed by atoms with E-state index in [1.165, 1.54) is 82.4 Å². The lowest BCUT2D eigenvalue weighted by molar-refractivity contribution is -0.384. The molecule has 0 heterocycles. The number of phosphoric ester groups is 1. The molecule has 0 atom stereocenters. The maximum Gasteiger partial charge on any atom is 0.524 e. The predicted octanol–water partition coefficient (Wildman–Crippen LogP) is 2.80. The molecule has 29 heavy (non-hydrogen) atoms. The fraction of sp³-hybridized carbons (Fsp3) is 0.667. The summed E-state index contributed by atoms with van der Waals surface area (Å²) in [4.78, 5) is 26.4. The molecule has 11 heteroatoms. The number of nitro groups is 1. The molecule has 0 radical (unpaired) electrons. The van der Waals surface area contributed by atoms with Crippen molar-refractivity contribution in [2.45, 2.75) is 76.3 Å². The maximum atomic E-state index is 10.4.